The van der Waals surface area contributed by atoms with Crippen LogP contribution >= 0.6 is 23.2 Å². The summed E-state index contributed by atoms with van der Waals surface area (Å²) in [5.74, 6) is 0.0278. The number of benzene rings is 1. The third-order valence-corrected chi connectivity index (χ3v) is 3.33. The quantitative estimate of drug-likeness (QED) is 0.687. The van der Waals surface area contributed by atoms with Crippen LogP contribution in [0.1, 0.15) is 12.0 Å². The Morgan fingerprint density at radius 2 is 2.05 bits per heavy atom. The van der Waals surface area contributed by atoms with Crippen LogP contribution in [-0.2, 0) is 16.0 Å². The number of rotatable bonds is 9. The molecule has 0 atom stereocenters. The maximum Gasteiger partial charge on any atom is 0.221 e. The molecule has 0 aliphatic carbocycles. The van der Waals surface area contributed by atoms with Gasteiger partial charge < -0.3 is 15.4 Å². The Labute approximate surface area is 129 Å². The zero-order valence-corrected chi connectivity index (χ0v) is 13.1. The second kappa shape index (κ2) is 10.00. The van der Waals surface area contributed by atoms with E-state index in [1.807, 2.05) is 6.07 Å². The largest absolute Gasteiger partial charge is 0.383 e. The molecule has 0 unspecified atom stereocenters. The van der Waals surface area contributed by atoms with E-state index in [2.05, 4.69) is 10.6 Å². The van der Waals surface area contributed by atoms with E-state index in [1.165, 1.54) is 0 Å². The maximum absolute atomic E-state index is 11.6. The molecule has 0 spiro atoms. The van der Waals surface area contributed by atoms with Gasteiger partial charge in [0.1, 0.15) is 0 Å². The molecule has 6 heteroatoms. The first-order chi connectivity index (χ1) is 9.63. The van der Waals surface area contributed by atoms with Crippen LogP contribution in [0, 0.1) is 0 Å². The molecule has 1 rings (SSSR count). The van der Waals surface area contributed by atoms with E-state index < -0.39 is 0 Å². The second-order valence-corrected chi connectivity index (χ2v) is 5.17. The van der Waals surface area contributed by atoms with Gasteiger partial charge in [-0.3, -0.25) is 4.79 Å². The molecule has 0 heterocycles. The molecule has 0 aliphatic rings. The average molecular weight is 319 g/mol. The summed E-state index contributed by atoms with van der Waals surface area (Å²) in [6, 6.07) is 5.38. The Bertz CT molecular complexity index is 428. The summed E-state index contributed by atoms with van der Waals surface area (Å²) in [6.45, 7) is 2.62. The van der Waals surface area contributed by atoms with E-state index in [1.54, 1.807) is 19.2 Å². The minimum Gasteiger partial charge on any atom is -0.383 e. The summed E-state index contributed by atoms with van der Waals surface area (Å²) in [7, 11) is 1.65. The van der Waals surface area contributed by atoms with E-state index in [4.69, 9.17) is 27.9 Å². The molecule has 112 valence electrons. The highest BCUT2D eigenvalue weighted by Gasteiger charge is 2.03. The van der Waals surface area contributed by atoms with E-state index in [-0.39, 0.29) is 5.91 Å². The third kappa shape index (κ3) is 7.10. The van der Waals surface area contributed by atoms with Crippen molar-refractivity contribution in [3.63, 3.8) is 0 Å². The molecule has 0 aliphatic heterocycles. The number of methoxy groups -OCH3 is 1. The van der Waals surface area contributed by atoms with E-state index >= 15 is 0 Å². The lowest BCUT2D eigenvalue weighted by atomic mass is 10.1. The van der Waals surface area contributed by atoms with Gasteiger partial charge in [-0.25, -0.2) is 0 Å². The molecule has 2 N–H and O–H groups in total. The van der Waals surface area contributed by atoms with Crippen molar-refractivity contribution in [1.29, 1.82) is 0 Å². The highest BCUT2D eigenvalue weighted by molar-refractivity contribution is 6.35. The molecule has 0 saturated heterocycles. The third-order valence-electron chi connectivity index (χ3n) is 2.74. The molecule has 0 radical (unpaired) electrons. The monoisotopic (exact) mass is 318 g/mol. The Hall–Kier alpha value is -0.810. The van der Waals surface area contributed by atoms with Gasteiger partial charge in [0, 0.05) is 43.2 Å². The second-order valence-electron chi connectivity index (χ2n) is 4.33. The highest BCUT2D eigenvalue weighted by atomic mass is 35.5. The topological polar surface area (TPSA) is 50.4 Å². The van der Waals surface area contributed by atoms with Crippen molar-refractivity contribution in [2.75, 3.05) is 33.4 Å². The molecule has 1 aromatic rings. The number of hydrogen-bond donors (Lipinski definition) is 2. The summed E-state index contributed by atoms with van der Waals surface area (Å²) >= 11 is 11.9. The fourth-order valence-electron chi connectivity index (χ4n) is 1.65. The van der Waals surface area contributed by atoms with Gasteiger partial charge in [-0.15, -0.1) is 0 Å². The van der Waals surface area contributed by atoms with Crippen LogP contribution < -0.4 is 10.6 Å². The van der Waals surface area contributed by atoms with E-state index in [0.717, 1.165) is 12.1 Å². The van der Waals surface area contributed by atoms with Gasteiger partial charge in [-0.1, -0.05) is 29.3 Å². The van der Waals surface area contributed by atoms with Crippen LogP contribution in [0.2, 0.25) is 10.0 Å². The predicted molar refractivity (Wildman–Crippen MR) is 82.5 cm³/mol. The predicted octanol–water partition coefficient (Wildman–Crippen LogP) is 2.28. The summed E-state index contributed by atoms with van der Waals surface area (Å²) < 4.78 is 4.90. The lowest BCUT2D eigenvalue weighted by Gasteiger charge is -2.07. The van der Waals surface area contributed by atoms with Crippen molar-refractivity contribution >= 4 is 29.1 Å². The molecule has 0 aromatic heterocycles. The van der Waals surface area contributed by atoms with Crippen LogP contribution in [0.15, 0.2) is 18.2 Å². The Balaban J connectivity index is 2.15. The lowest BCUT2D eigenvalue weighted by molar-refractivity contribution is -0.120. The van der Waals surface area contributed by atoms with Gasteiger partial charge in [0.25, 0.3) is 0 Å². The summed E-state index contributed by atoms with van der Waals surface area (Å²) in [6.07, 6.45) is 1.15. The van der Waals surface area contributed by atoms with Crippen molar-refractivity contribution < 1.29 is 9.53 Å². The fraction of sp³-hybridized carbons (Fsp3) is 0.500. The Kier molecular flexibility index (Phi) is 8.62. The van der Waals surface area contributed by atoms with Gasteiger partial charge in [0.15, 0.2) is 0 Å². The summed E-state index contributed by atoms with van der Waals surface area (Å²) in [5, 5.41) is 7.23. The first kappa shape index (κ1) is 17.2. The number of amides is 1. The first-order valence-electron chi connectivity index (χ1n) is 6.53. The average Bonchev–Trinajstić information content (AvgIpc) is 2.41. The first-order valence-corrected chi connectivity index (χ1v) is 7.29. The molecule has 1 aromatic carbocycles. The van der Waals surface area contributed by atoms with Crippen molar-refractivity contribution in [3.8, 4) is 0 Å². The molecule has 20 heavy (non-hydrogen) atoms. The molecule has 4 nitrogen and oxygen atoms in total. The van der Waals surface area contributed by atoms with Gasteiger partial charge in [0.05, 0.1) is 6.61 Å². The van der Waals surface area contributed by atoms with Crippen molar-refractivity contribution in [2.24, 2.45) is 0 Å². The van der Waals surface area contributed by atoms with E-state index in [9.17, 15) is 4.79 Å². The number of hydrogen-bond acceptors (Lipinski definition) is 3. The number of carbonyl (C=O) groups excluding carboxylic acids is 1. The Morgan fingerprint density at radius 1 is 1.25 bits per heavy atom. The molecular weight excluding hydrogens is 299 g/mol. The number of ether oxygens (including phenoxy) is 1. The smallest absolute Gasteiger partial charge is 0.221 e. The van der Waals surface area contributed by atoms with Crippen LogP contribution in [0.3, 0.4) is 0 Å². The van der Waals surface area contributed by atoms with Crippen LogP contribution in [0.25, 0.3) is 0 Å². The van der Waals surface area contributed by atoms with Crippen LogP contribution in [-0.4, -0.2) is 39.3 Å². The van der Waals surface area contributed by atoms with Crippen molar-refractivity contribution in [2.45, 2.75) is 12.8 Å². The van der Waals surface area contributed by atoms with Crippen molar-refractivity contribution in [3.05, 3.63) is 33.8 Å². The van der Waals surface area contributed by atoms with Gasteiger partial charge in [-0.2, -0.15) is 0 Å². The molecular formula is C14H20Cl2N2O2. The zero-order chi connectivity index (χ0) is 14.8. The maximum atomic E-state index is 11.6. The number of nitrogens with one attached hydrogen (secondary N) is 2. The minimum atomic E-state index is 0.0278. The van der Waals surface area contributed by atoms with Gasteiger partial charge in [-0.05, 0) is 24.1 Å². The van der Waals surface area contributed by atoms with E-state index in [0.29, 0.717) is 42.6 Å². The molecule has 1 amide bonds. The zero-order valence-electron chi connectivity index (χ0n) is 11.5. The van der Waals surface area contributed by atoms with Gasteiger partial charge in [0.2, 0.25) is 5.91 Å². The van der Waals surface area contributed by atoms with Gasteiger partial charge >= 0.3 is 0 Å². The lowest BCUT2D eigenvalue weighted by Crippen LogP contribution is -2.30. The number of halogens is 2. The normalized spacial score (nSPS) is 10.6. The van der Waals surface area contributed by atoms with Crippen molar-refractivity contribution in [1.82, 2.24) is 10.6 Å². The fourth-order valence-corrected chi connectivity index (χ4v) is 2.15. The Morgan fingerprint density at radius 3 is 2.75 bits per heavy atom. The standard InChI is InChI=1S/C14H20Cl2N2O2/c1-20-9-8-17-6-5-14(19)18-7-4-11-2-3-12(15)10-13(11)16/h2-3,10,17H,4-9H2,1H3,(H,18,19). The summed E-state index contributed by atoms with van der Waals surface area (Å²) in [4.78, 5) is 11.6. The number of carbonyl (C=O) groups is 1. The molecule has 0 bridgehead atoms. The van der Waals surface area contributed by atoms with Crippen LogP contribution in [0.5, 0.6) is 0 Å². The summed E-state index contributed by atoms with van der Waals surface area (Å²) in [5.41, 5.74) is 0.981. The minimum absolute atomic E-state index is 0.0278. The SMILES string of the molecule is COCCNCCC(=O)NCCc1ccc(Cl)cc1Cl. The van der Waals surface area contributed by atoms with Crippen LogP contribution in [0.4, 0.5) is 0 Å². The molecule has 0 saturated carbocycles. The molecule has 0 fully saturated rings. The highest BCUT2D eigenvalue weighted by Crippen LogP contribution is 2.20.